The number of benzene rings is 2. The van der Waals surface area contributed by atoms with Gasteiger partial charge >= 0.3 is 0 Å². The molecule has 1 fully saturated rings. The lowest BCUT2D eigenvalue weighted by Gasteiger charge is -2.15. The van der Waals surface area contributed by atoms with E-state index >= 15 is 0 Å². The number of nitrogens with zero attached hydrogens (tertiary/aromatic N) is 1. The minimum absolute atomic E-state index is 0.0622. The van der Waals surface area contributed by atoms with E-state index in [1.807, 2.05) is 30.9 Å². The van der Waals surface area contributed by atoms with Gasteiger partial charge in [-0.2, -0.15) is 0 Å². The second-order valence-electron chi connectivity index (χ2n) is 7.05. The van der Waals surface area contributed by atoms with E-state index in [9.17, 15) is 9.59 Å². The number of carbonyl (C=O) groups is 2. The molecule has 1 N–H and O–H groups in total. The first-order valence-corrected chi connectivity index (χ1v) is 9.41. The molecule has 2 aromatic rings. The maximum Gasteiger partial charge on any atom is 0.253 e. The second-order valence-corrected chi connectivity index (χ2v) is 7.05. The van der Waals surface area contributed by atoms with Crippen molar-refractivity contribution >= 4 is 17.5 Å². The van der Waals surface area contributed by atoms with Crippen LogP contribution in [-0.4, -0.2) is 36.4 Å². The van der Waals surface area contributed by atoms with E-state index < -0.39 is 0 Å². The lowest BCUT2D eigenvalue weighted by atomic mass is 10.1. The molecule has 1 heterocycles. The number of likely N-dealkylation sites (tertiary alicyclic amines) is 1. The predicted octanol–water partition coefficient (Wildman–Crippen LogP) is 3.95. The van der Waals surface area contributed by atoms with Crippen LogP contribution in [0.3, 0.4) is 0 Å². The van der Waals surface area contributed by atoms with E-state index in [2.05, 4.69) is 11.4 Å². The summed E-state index contributed by atoms with van der Waals surface area (Å²) in [6, 6.07) is 13.1. The summed E-state index contributed by atoms with van der Waals surface area (Å²) in [5, 5.41) is 2.84. The molecule has 0 atom stereocenters. The van der Waals surface area contributed by atoms with Gasteiger partial charge in [0.25, 0.3) is 5.91 Å². The minimum atomic E-state index is -0.113. The number of ether oxygens (including phenoxy) is 1. The zero-order valence-corrected chi connectivity index (χ0v) is 16.0. The van der Waals surface area contributed by atoms with Crippen molar-refractivity contribution in [3.05, 3.63) is 59.2 Å². The summed E-state index contributed by atoms with van der Waals surface area (Å²) < 4.78 is 5.67. The molecule has 5 nitrogen and oxygen atoms in total. The van der Waals surface area contributed by atoms with Crippen molar-refractivity contribution < 1.29 is 14.3 Å². The molecule has 1 aliphatic heterocycles. The Balaban J connectivity index is 1.46. The van der Waals surface area contributed by atoms with Gasteiger partial charge in [0.05, 0.1) is 13.0 Å². The maximum absolute atomic E-state index is 12.3. The van der Waals surface area contributed by atoms with Gasteiger partial charge in [0.15, 0.2) is 0 Å². The topological polar surface area (TPSA) is 58.6 Å². The van der Waals surface area contributed by atoms with Crippen LogP contribution < -0.4 is 10.1 Å². The van der Waals surface area contributed by atoms with Gasteiger partial charge in [-0.25, -0.2) is 0 Å². The molecular weight excluding hydrogens is 340 g/mol. The van der Waals surface area contributed by atoms with Crippen molar-refractivity contribution in [2.24, 2.45) is 0 Å². The molecule has 0 aliphatic carbocycles. The van der Waals surface area contributed by atoms with Crippen molar-refractivity contribution in [1.29, 1.82) is 0 Å². The highest BCUT2D eigenvalue weighted by atomic mass is 16.5. The molecule has 0 unspecified atom stereocenters. The van der Waals surface area contributed by atoms with Gasteiger partial charge in [-0.15, -0.1) is 0 Å². The van der Waals surface area contributed by atoms with Crippen LogP contribution in [0.1, 0.15) is 40.7 Å². The quantitative estimate of drug-likeness (QED) is 0.842. The first-order chi connectivity index (χ1) is 13.0. The van der Waals surface area contributed by atoms with E-state index in [1.165, 1.54) is 0 Å². The fraction of sp³-hybridized carbons (Fsp3) is 0.364. The highest BCUT2D eigenvalue weighted by molar-refractivity contribution is 5.96. The van der Waals surface area contributed by atoms with Crippen molar-refractivity contribution in [3.63, 3.8) is 0 Å². The fourth-order valence-corrected chi connectivity index (χ4v) is 3.30. The Hall–Kier alpha value is -2.82. The number of rotatable bonds is 6. The van der Waals surface area contributed by atoms with E-state index in [0.717, 1.165) is 42.8 Å². The normalized spacial score (nSPS) is 13.5. The van der Waals surface area contributed by atoms with Gasteiger partial charge in [0.2, 0.25) is 5.91 Å². The summed E-state index contributed by atoms with van der Waals surface area (Å²) in [6.45, 7) is 6.02. The molecular formula is C22H26N2O3. The van der Waals surface area contributed by atoms with Crippen molar-refractivity contribution in [1.82, 2.24) is 4.90 Å². The molecule has 2 amide bonds. The molecule has 0 radical (unpaired) electrons. The van der Waals surface area contributed by atoms with Crippen LogP contribution in [0.25, 0.3) is 0 Å². The molecule has 1 aliphatic rings. The van der Waals surface area contributed by atoms with Gasteiger partial charge in [-0.1, -0.05) is 6.07 Å². The average Bonchev–Trinajstić information content (AvgIpc) is 3.15. The molecule has 0 aromatic heterocycles. The molecule has 3 rings (SSSR count). The first kappa shape index (κ1) is 19.0. The summed E-state index contributed by atoms with van der Waals surface area (Å²) in [5.41, 5.74) is 3.62. The summed E-state index contributed by atoms with van der Waals surface area (Å²) in [7, 11) is 0. The van der Waals surface area contributed by atoms with Gasteiger partial charge in [-0.3, -0.25) is 9.59 Å². The van der Waals surface area contributed by atoms with Crippen LogP contribution in [0.15, 0.2) is 42.5 Å². The van der Waals surface area contributed by atoms with Gasteiger partial charge in [-0.05, 0) is 74.2 Å². The molecule has 1 saturated heterocycles. The summed E-state index contributed by atoms with van der Waals surface area (Å²) in [4.78, 5) is 26.3. The highest BCUT2D eigenvalue weighted by Gasteiger charge is 2.19. The lowest BCUT2D eigenvalue weighted by molar-refractivity contribution is -0.116. The largest absolute Gasteiger partial charge is 0.493 e. The number of hydrogen-bond acceptors (Lipinski definition) is 3. The fourth-order valence-electron chi connectivity index (χ4n) is 3.30. The number of carbonyl (C=O) groups excluding carboxylic acids is 2. The molecule has 0 bridgehead atoms. The molecule has 0 spiro atoms. The summed E-state index contributed by atoms with van der Waals surface area (Å²) in [5.74, 6) is 0.732. The third kappa shape index (κ3) is 5.33. The average molecular weight is 366 g/mol. The number of anilines is 1. The van der Waals surface area contributed by atoms with Gasteiger partial charge in [0, 0.05) is 24.3 Å². The zero-order chi connectivity index (χ0) is 19.2. The minimum Gasteiger partial charge on any atom is -0.493 e. The van der Waals surface area contributed by atoms with Crippen LogP contribution in [0.2, 0.25) is 0 Å². The molecule has 142 valence electrons. The standard InChI is InChI=1S/C22H26N2O3/c1-16-13-17(2)15-20(14-16)27-12-9-21(25)23-19-7-5-18(6-8-19)22(26)24-10-3-4-11-24/h5-8,13-15H,3-4,9-12H2,1-2H3,(H,23,25). The lowest BCUT2D eigenvalue weighted by Crippen LogP contribution is -2.27. The predicted molar refractivity (Wildman–Crippen MR) is 106 cm³/mol. The van der Waals surface area contributed by atoms with Crippen LogP contribution in [0, 0.1) is 13.8 Å². The highest BCUT2D eigenvalue weighted by Crippen LogP contribution is 2.17. The number of amides is 2. The van der Waals surface area contributed by atoms with Crippen LogP contribution >= 0.6 is 0 Å². The smallest absolute Gasteiger partial charge is 0.253 e. The van der Waals surface area contributed by atoms with E-state index in [-0.39, 0.29) is 18.2 Å². The van der Waals surface area contributed by atoms with Crippen molar-refractivity contribution in [3.8, 4) is 5.75 Å². The summed E-state index contributed by atoms with van der Waals surface area (Å²) >= 11 is 0. The van der Waals surface area contributed by atoms with E-state index in [1.54, 1.807) is 24.3 Å². The molecule has 5 heteroatoms. The number of hydrogen-bond donors (Lipinski definition) is 1. The first-order valence-electron chi connectivity index (χ1n) is 9.41. The van der Waals surface area contributed by atoms with Crippen LogP contribution in [0.5, 0.6) is 5.75 Å². The Morgan fingerprint density at radius 2 is 1.63 bits per heavy atom. The van der Waals surface area contributed by atoms with Crippen molar-refractivity contribution in [2.45, 2.75) is 33.1 Å². The second kappa shape index (κ2) is 8.71. The van der Waals surface area contributed by atoms with Gasteiger partial charge < -0.3 is 15.0 Å². The van der Waals surface area contributed by atoms with E-state index in [4.69, 9.17) is 4.74 Å². The maximum atomic E-state index is 12.3. The Morgan fingerprint density at radius 1 is 1.00 bits per heavy atom. The number of aryl methyl sites for hydroxylation is 2. The third-order valence-corrected chi connectivity index (χ3v) is 4.60. The van der Waals surface area contributed by atoms with Crippen LogP contribution in [0.4, 0.5) is 5.69 Å². The molecule has 0 saturated carbocycles. The Labute approximate surface area is 160 Å². The monoisotopic (exact) mass is 366 g/mol. The van der Waals surface area contributed by atoms with E-state index in [0.29, 0.717) is 17.9 Å². The van der Waals surface area contributed by atoms with Crippen molar-refractivity contribution in [2.75, 3.05) is 25.0 Å². The van der Waals surface area contributed by atoms with Gasteiger partial charge in [0.1, 0.15) is 5.75 Å². The molecule has 27 heavy (non-hydrogen) atoms. The number of nitrogens with one attached hydrogen (secondary N) is 1. The van der Waals surface area contributed by atoms with Crippen LogP contribution in [-0.2, 0) is 4.79 Å². The SMILES string of the molecule is Cc1cc(C)cc(OCCC(=O)Nc2ccc(C(=O)N3CCCC3)cc2)c1. The Bertz CT molecular complexity index is 789. The summed E-state index contributed by atoms with van der Waals surface area (Å²) in [6.07, 6.45) is 2.41. The third-order valence-electron chi connectivity index (χ3n) is 4.60. The Kier molecular flexibility index (Phi) is 6.12. The Morgan fingerprint density at radius 3 is 2.26 bits per heavy atom. The zero-order valence-electron chi connectivity index (χ0n) is 16.0. The molecule has 2 aromatic carbocycles.